The van der Waals surface area contributed by atoms with Crippen molar-refractivity contribution in [1.82, 2.24) is 19.9 Å². The maximum Gasteiger partial charge on any atom is 0.257 e. The molecular formula is C17H11ClF4N6O. The van der Waals surface area contributed by atoms with Crippen molar-refractivity contribution in [2.45, 2.75) is 0 Å². The molecule has 0 bridgehead atoms. The van der Waals surface area contributed by atoms with Crippen LogP contribution in [0.25, 0.3) is 22.1 Å². The van der Waals surface area contributed by atoms with Gasteiger partial charge in [-0.3, -0.25) is 0 Å². The molecule has 4 rings (SSSR count). The molecule has 4 N–H and O–H groups in total. The Labute approximate surface area is 165 Å². The zero-order valence-corrected chi connectivity index (χ0v) is 15.3. The van der Waals surface area contributed by atoms with Crippen molar-refractivity contribution in [2.24, 2.45) is 0 Å². The molecule has 0 atom stereocenters. The monoisotopic (exact) mass is 426 g/mol. The molecule has 0 aliphatic rings. The van der Waals surface area contributed by atoms with E-state index >= 15 is 0 Å². The number of nitrogens with two attached hydrogens (primary N) is 2. The van der Waals surface area contributed by atoms with E-state index in [0.29, 0.717) is 0 Å². The fraction of sp³-hybridized carbons (Fsp3) is 0.0588. The number of hydrogen-bond acceptors (Lipinski definition) is 7. The van der Waals surface area contributed by atoms with E-state index < -0.39 is 23.3 Å². The second-order valence-electron chi connectivity index (χ2n) is 5.53. The van der Waals surface area contributed by atoms with Gasteiger partial charge in [0.1, 0.15) is 0 Å². The number of rotatable bonds is 1. The van der Waals surface area contributed by atoms with E-state index in [-0.39, 0.29) is 44.7 Å². The van der Waals surface area contributed by atoms with Crippen molar-refractivity contribution in [3.63, 3.8) is 0 Å². The molecule has 0 saturated carbocycles. The molecule has 150 valence electrons. The smallest absolute Gasteiger partial charge is 0.257 e. The van der Waals surface area contributed by atoms with Crippen LogP contribution in [0.5, 0.6) is 5.88 Å². The molecule has 0 saturated heterocycles. The number of nitrogens with zero attached hydrogens (tertiary/aromatic N) is 4. The van der Waals surface area contributed by atoms with Crippen molar-refractivity contribution >= 4 is 45.3 Å². The Kier molecular flexibility index (Phi) is 5.50. The van der Waals surface area contributed by atoms with Gasteiger partial charge >= 0.3 is 0 Å². The Morgan fingerprint density at radius 1 is 0.690 bits per heavy atom. The summed E-state index contributed by atoms with van der Waals surface area (Å²) in [4.78, 5) is 15.2. The first-order valence-corrected chi connectivity index (χ1v) is 8.11. The third-order valence-corrected chi connectivity index (χ3v) is 3.86. The van der Waals surface area contributed by atoms with Gasteiger partial charge in [-0.1, -0.05) is 11.6 Å². The van der Waals surface area contributed by atoms with Crippen LogP contribution in [0.4, 0.5) is 29.2 Å². The third kappa shape index (κ3) is 4.19. The van der Waals surface area contributed by atoms with Gasteiger partial charge in [0.05, 0.1) is 29.2 Å². The molecule has 0 amide bonds. The number of hydrogen-bond donors (Lipinski definition) is 2. The lowest BCUT2D eigenvalue weighted by Gasteiger charge is -2.04. The van der Waals surface area contributed by atoms with Crippen molar-refractivity contribution in [1.29, 1.82) is 0 Å². The molecule has 2 aromatic carbocycles. The van der Waals surface area contributed by atoms with E-state index in [1.54, 1.807) is 0 Å². The standard InChI is InChI=1S/C9H7F2N3O.C8H4ClF2N3/c1-15-9-8(12)13-6-2-4(10)5(11)3-7(6)14-9;9-7-8(12)14-6-2-4(11)3(10)1-5(6)13-7/h2-3H,1H3,(H2,12,13);1-2H,(H2,12,14). The first-order chi connectivity index (χ1) is 13.7. The fourth-order valence-corrected chi connectivity index (χ4v) is 2.38. The minimum atomic E-state index is -0.993. The van der Waals surface area contributed by atoms with Gasteiger partial charge in [0, 0.05) is 24.3 Å². The predicted molar refractivity (Wildman–Crippen MR) is 99.3 cm³/mol. The topological polar surface area (TPSA) is 113 Å². The van der Waals surface area contributed by atoms with Crippen LogP contribution in [0.15, 0.2) is 24.3 Å². The molecule has 0 aliphatic carbocycles. The van der Waals surface area contributed by atoms with Crippen LogP contribution >= 0.6 is 11.6 Å². The van der Waals surface area contributed by atoms with Crippen LogP contribution in [-0.2, 0) is 0 Å². The highest BCUT2D eigenvalue weighted by Gasteiger charge is 2.10. The summed E-state index contributed by atoms with van der Waals surface area (Å²) in [6, 6.07) is 3.72. The van der Waals surface area contributed by atoms with E-state index in [4.69, 9.17) is 27.8 Å². The van der Waals surface area contributed by atoms with Gasteiger partial charge in [-0.25, -0.2) is 37.5 Å². The molecule has 0 fully saturated rings. The second kappa shape index (κ2) is 7.87. The van der Waals surface area contributed by atoms with Crippen LogP contribution in [0.3, 0.4) is 0 Å². The molecule has 0 unspecified atom stereocenters. The van der Waals surface area contributed by atoms with E-state index in [2.05, 4.69) is 19.9 Å². The molecule has 2 heterocycles. The van der Waals surface area contributed by atoms with Gasteiger partial charge < -0.3 is 16.2 Å². The highest BCUT2D eigenvalue weighted by molar-refractivity contribution is 6.31. The van der Waals surface area contributed by atoms with Gasteiger partial charge in [-0.15, -0.1) is 0 Å². The summed E-state index contributed by atoms with van der Waals surface area (Å²) in [6.45, 7) is 0. The molecule has 2 aromatic heterocycles. The van der Waals surface area contributed by atoms with Gasteiger partial charge in [0.15, 0.2) is 40.1 Å². The van der Waals surface area contributed by atoms with E-state index in [9.17, 15) is 17.6 Å². The van der Waals surface area contributed by atoms with Crippen LogP contribution < -0.4 is 16.2 Å². The Morgan fingerprint density at radius 3 is 1.52 bits per heavy atom. The summed E-state index contributed by atoms with van der Waals surface area (Å²) < 4.78 is 56.1. The zero-order chi connectivity index (χ0) is 21.3. The van der Waals surface area contributed by atoms with Crippen LogP contribution in [0.2, 0.25) is 5.15 Å². The number of nitrogen functional groups attached to an aromatic ring is 2. The number of aromatic nitrogens is 4. The summed E-state index contributed by atoms with van der Waals surface area (Å²) in [5.41, 5.74) is 11.5. The van der Waals surface area contributed by atoms with Crippen molar-refractivity contribution in [2.75, 3.05) is 18.6 Å². The normalized spacial score (nSPS) is 10.7. The van der Waals surface area contributed by atoms with Gasteiger partial charge in [-0.05, 0) is 0 Å². The number of benzene rings is 2. The molecule has 0 radical (unpaired) electrons. The van der Waals surface area contributed by atoms with Gasteiger partial charge in [0.2, 0.25) is 0 Å². The van der Waals surface area contributed by atoms with E-state index in [1.807, 2.05) is 0 Å². The predicted octanol–water partition coefficient (Wildman–Crippen LogP) is 3.64. The minimum absolute atomic E-state index is 0.00910. The number of halogens is 5. The van der Waals surface area contributed by atoms with E-state index in [0.717, 1.165) is 24.3 Å². The maximum absolute atomic E-state index is 12.9. The van der Waals surface area contributed by atoms with Crippen molar-refractivity contribution in [3.05, 3.63) is 52.7 Å². The number of fused-ring (bicyclic) bond motifs is 2. The van der Waals surface area contributed by atoms with Crippen molar-refractivity contribution < 1.29 is 22.3 Å². The summed E-state index contributed by atoms with van der Waals surface area (Å²) in [6.07, 6.45) is 0. The molecular weight excluding hydrogens is 416 g/mol. The Bertz CT molecular complexity index is 1150. The summed E-state index contributed by atoms with van der Waals surface area (Å²) in [5, 5.41) is -0.0245. The lowest BCUT2D eigenvalue weighted by Crippen LogP contribution is -2.00. The SMILES string of the molecule is COc1nc2cc(F)c(F)cc2nc1N.Nc1nc2cc(F)c(F)cc2nc1Cl. The third-order valence-electron chi connectivity index (χ3n) is 3.58. The molecule has 29 heavy (non-hydrogen) atoms. The summed E-state index contributed by atoms with van der Waals surface area (Å²) in [7, 11) is 1.37. The first-order valence-electron chi connectivity index (χ1n) is 7.73. The average Bonchev–Trinajstić information content (AvgIpc) is 2.66. The molecule has 4 aromatic rings. The molecule has 7 nitrogen and oxygen atoms in total. The van der Waals surface area contributed by atoms with Gasteiger partial charge in [0.25, 0.3) is 5.88 Å². The first kappa shape index (κ1) is 20.3. The minimum Gasteiger partial charge on any atom is -0.478 e. The zero-order valence-electron chi connectivity index (χ0n) is 14.6. The Hall–Kier alpha value is -3.47. The number of ether oxygens (including phenoxy) is 1. The average molecular weight is 427 g/mol. The number of methoxy groups -OCH3 is 1. The summed E-state index contributed by atoms with van der Waals surface area (Å²) in [5.74, 6) is -3.83. The van der Waals surface area contributed by atoms with Crippen LogP contribution in [-0.4, -0.2) is 27.0 Å². The summed E-state index contributed by atoms with van der Waals surface area (Å²) >= 11 is 5.56. The second-order valence-corrected chi connectivity index (χ2v) is 5.89. The highest BCUT2D eigenvalue weighted by atomic mass is 35.5. The lowest BCUT2D eigenvalue weighted by molar-refractivity contribution is 0.400. The fourth-order valence-electron chi connectivity index (χ4n) is 2.24. The Balaban J connectivity index is 0.000000166. The van der Waals surface area contributed by atoms with Gasteiger partial charge in [-0.2, -0.15) is 0 Å². The van der Waals surface area contributed by atoms with E-state index in [1.165, 1.54) is 7.11 Å². The maximum atomic E-state index is 12.9. The van der Waals surface area contributed by atoms with Crippen molar-refractivity contribution in [3.8, 4) is 5.88 Å². The Morgan fingerprint density at radius 2 is 1.07 bits per heavy atom. The molecule has 12 heteroatoms. The highest BCUT2D eigenvalue weighted by Crippen LogP contribution is 2.22. The van der Waals surface area contributed by atoms with Crippen LogP contribution in [0.1, 0.15) is 0 Å². The quantitative estimate of drug-likeness (QED) is 0.447. The molecule has 0 spiro atoms. The number of anilines is 2. The largest absolute Gasteiger partial charge is 0.478 e. The molecule has 0 aliphatic heterocycles. The van der Waals surface area contributed by atoms with Crippen LogP contribution in [0, 0.1) is 23.3 Å². The lowest BCUT2D eigenvalue weighted by atomic mass is 10.3.